The zero-order valence-corrected chi connectivity index (χ0v) is 14.6. The first-order valence-electron chi connectivity index (χ1n) is 7.04. The van der Waals surface area contributed by atoms with Crippen molar-refractivity contribution in [2.75, 3.05) is 0 Å². The van der Waals surface area contributed by atoms with Crippen LogP contribution in [0.5, 0.6) is 0 Å². The van der Waals surface area contributed by atoms with Crippen LogP contribution in [-0.4, -0.2) is 14.4 Å². The van der Waals surface area contributed by atoms with Gasteiger partial charge in [-0.2, -0.15) is 0 Å². The highest BCUT2D eigenvalue weighted by atomic mass is 28.4. The van der Waals surface area contributed by atoms with Crippen molar-refractivity contribution in [2.24, 2.45) is 5.92 Å². The van der Waals surface area contributed by atoms with Gasteiger partial charge in [0.1, 0.15) is 0 Å². The topological polar surface area (TPSA) is 9.23 Å². The maximum atomic E-state index is 6.56. The van der Waals surface area contributed by atoms with Gasteiger partial charge in [0.2, 0.25) is 0 Å². The van der Waals surface area contributed by atoms with Gasteiger partial charge in [0, 0.05) is 5.57 Å². The normalized spacial score (nSPS) is 25.5. The summed E-state index contributed by atoms with van der Waals surface area (Å²) in [7, 11) is -1.81. The number of hydrogen-bond donors (Lipinski definition) is 0. The van der Waals surface area contributed by atoms with E-state index < -0.39 is 8.32 Å². The molecule has 19 heavy (non-hydrogen) atoms. The van der Waals surface area contributed by atoms with Gasteiger partial charge in [-0.15, -0.1) is 6.42 Å². The van der Waals surface area contributed by atoms with E-state index in [0.717, 1.165) is 12.0 Å². The lowest BCUT2D eigenvalue weighted by molar-refractivity contribution is 0.226. The van der Waals surface area contributed by atoms with Crippen LogP contribution < -0.4 is 0 Å². The predicted octanol–water partition coefficient (Wildman–Crippen LogP) is 4.92. The summed E-state index contributed by atoms with van der Waals surface area (Å²) in [5.41, 5.74) is 3.47. The van der Waals surface area contributed by atoms with Gasteiger partial charge in [0.05, 0.1) is 6.10 Å². The summed E-state index contributed by atoms with van der Waals surface area (Å²) in [6.07, 6.45) is 6.57. The fourth-order valence-corrected chi connectivity index (χ4v) is 3.37. The molecule has 2 heteroatoms. The van der Waals surface area contributed by atoms with Crippen molar-refractivity contribution in [3.05, 3.63) is 23.3 Å². The Morgan fingerprint density at radius 2 is 1.89 bits per heavy atom. The van der Waals surface area contributed by atoms with Crippen LogP contribution in [0.1, 0.15) is 41.0 Å². The lowest BCUT2D eigenvalue weighted by Gasteiger charge is -2.42. The first-order chi connectivity index (χ1) is 8.51. The molecule has 0 saturated heterocycles. The molecule has 1 rings (SSSR count). The third kappa shape index (κ3) is 3.21. The van der Waals surface area contributed by atoms with E-state index in [2.05, 4.69) is 60.2 Å². The second-order valence-electron chi connectivity index (χ2n) is 7.24. The van der Waals surface area contributed by atoms with Gasteiger partial charge in [-0.3, -0.25) is 0 Å². The number of rotatable bonds is 2. The molecule has 0 unspecified atom stereocenters. The molecule has 0 aromatic heterocycles. The molecule has 1 aliphatic rings. The van der Waals surface area contributed by atoms with Crippen molar-refractivity contribution < 1.29 is 4.43 Å². The van der Waals surface area contributed by atoms with Crippen LogP contribution in [-0.2, 0) is 4.43 Å². The van der Waals surface area contributed by atoms with Crippen molar-refractivity contribution in [3.8, 4) is 12.3 Å². The van der Waals surface area contributed by atoms with Crippen molar-refractivity contribution in [1.82, 2.24) is 0 Å². The largest absolute Gasteiger partial charge is 0.407 e. The van der Waals surface area contributed by atoms with Crippen LogP contribution >= 0.6 is 0 Å². The van der Waals surface area contributed by atoms with Crippen LogP contribution in [0.2, 0.25) is 18.1 Å². The Labute approximate surface area is 120 Å². The molecule has 2 atom stereocenters. The highest BCUT2D eigenvalue weighted by Gasteiger charge is 2.41. The van der Waals surface area contributed by atoms with Crippen molar-refractivity contribution in [1.29, 1.82) is 0 Å². The quantitative estimate of drug-likeness (QED) is 0.395. The second-order valence-corrected chi connectivity index (χ2v) is 12.0. The van der Waals surface area contributed by atoms with Crippen molar-refractivity contribution >= 4 is 8.32 Å². The van der Waals surface area contributed by atoms with Gasteiger partial charge >= 0.3 is 0 Å². The Balaban J connectivity index is 3.12. The highest BCUT2D eigenvalue weighted by molar-refractivity contribution is 6.74. The molecule has 0 amide bonds. The average molecular weight is 276 g/mol. The van der Waals surface area contributed by atoms with Crippen LogP contribution in [0.15, 0.2) is 23.3 Å². The number of allylic oxidation sites excluding steroid dienone is 1. The van der Waals surface area contributed by atoms with Gasteiger partial charge in [-0.1, -0.05) is 40.2 Å². The third-order valence-electron chi connectivity index (χ3n) is 4.74. The van der Waals surface area contributed by atoms with E-state index in [1.807, 2.05) is 0 Å². The first kappa shape index (κ1) is 16.3. The smallest absolute Gasteiger partial charge is 0.193 e. The lowest BCUT2D eigenvalue weighted by Crippen LogP contribution is -2.46. The molecule has 0 N–H and O–H groups in total. The molecule has 0 heterocycles. The summed E-state index contributed by atoms with van der Waals surface area (Å²) < 4.78 is 6.56. The average Bonchev–Trinajstić information content (AvgIpc) is 2.27. The molecule has 1 aliphatic carbocycles. The van der Waals surface area contributed by atoms with Gasteiger partial charge in [-0.25, -0.2) is 0 Å². The molecule has 0 radical (unpaired) electrons. The highest BCUT2D eigenvalue weighted by Crippen LogP contribution is 2.42. The molecule has 0 spiro atoms. The monoisotopic (exact) mass is 276 g/mol. The molecule has 0 aromatic carbocycles. The molecule has 0 saturated carbocycles. The zero-order chi connectivity index (χ0) is 15.0. The summed E-state index contributed by atoms with van der Waals surface area (Å²) in [5.74, 6) is 3.24. The Hall–Kier alpha value is -0.783. The zero-order valence-electron chi connectivity index (χ0n) is 13.6. The summed E-state index contributed by atoms with van der Waals surface area (Å²) in [6.45, 7) is 19.9. The Morgan fingerprint density at radius 3 is 2.32 bits per heavy atom. The number of terminal acetylenes is 1. The minimum atomic E-state index is -1.81. The van der Waals surface area contributed by atoms with Crippen molar-refractivity contribution in [3.63, 3.8) is 0 Å². The molecular formula is C17H28OSi. The van der Waals surface area contributed by atoms with E-state index in [1.54, 1.807) is 0 Å². The van der Waals surface area contributed by atoms with Crippen LogP contribution in [0.25, 0.3) is 0 Å². The van der Waals surface area contributed by atoms with E-state index in [1.165, 1.54) is 11.1 Å². The molecule has 0 aromatic rings. The summed E-state index contributed by atoms with van der Waals surface area (Å²) in [4.78, 5) is 0. The van der Waals surface area contributed by atoms with E-state index >= 15 is 0 Å². The van der Waals surface area contributed by atoms with E-state index in [-0.39, 0.29) is 11.1 Å². The van der Waals surface area contributed by atoms with E-state index in [4.69, 9.17) is 10.8 Å². The fourth-order valence-electron chi connectivity index (χ4n) is 2.10. The maximum Gasteiger partial charge on any atom is 0.193 e. The van der Waals surface area contributed by atoms with Gasteiger partial charge in [0.25, 0.3) is 0 Å². The number of hydrogen-bond acceptors (Lipinski definition) is 1. The lowest BCUT2D eigenvalue weighted by atomic mass is 9.80. The molecular weight excluding hydrogens is 248 g/mol. The molecule has 106 valence electrons. The molecule has 0 aliphatic heterocycles. The first-order valence-corrected chi connectivity index (χ1v) is 9.95. The Morgan fingerprint density at radius 1 is 1.37 bits per heavy atom. The Kier molecular flexibility index (Phi) is 4.54. The van der Waals surface area contributed by atoms with Gasteiger partial charge in [-0.05, 0) is 48.5 Å². The standard InChI is InChI=1S/C17H28OSi/c1-10-15-11-12(2)13(3)16(14(15)4)18-19(8,9)17(5,6)7/h1,12,16H,3,11H2,2,4-9H3/t12-,16+/m1/s1. The summed E-state index contributed by atoms with van der Waals surface area (Å²) in [5, 5.41) is 0.199. The fraction of sp³-hybridized carbons (Fsp3) is 0.647. The predicted molar refractivity (Wildman–Crippen MR) is 86.5 cm³/mol. The van der Waals surface area contributed by atoms with Crippen LogP contribution in [0.4, 0.5) is 0 Å². The molecule has 0 bridgehead atoms. The van der Waals surface area contributed by atoms with Gasteiger partial charge < -0.3 is 4.43 Å². The maximum absolute atomic E-state index is 6.56. The Bertz CT molecular complexity index is 443. The van der Waals surface area contributed by atoms with Crippen LogP contribution in [0, 0.1) is 18.3 Å². The van der Waals surface area contributed by atoms with E-state index in [9.17, 15) is 0 Å². The third-order valence-corrected chi connectivity index (χ3v) is 9.18. The van der Waals surface area contributed by atoms with Crippen LogP contribution in [0.3, 0.4) is 0 Å². The van der Waals surface area contributed by atoms with Crippen molar-refractivity contribution in [2.45, 2.75) is 65.3 Å². The summed E-state index contributed by atoms with van der Waals surface area (Å²) >= 11 is 0. The summed E-state index contributed by atoms with van der Waals surface area (Å²) in [6, 6.07) is 0. The van der Waals surface area contributed by atoms with Gasteiger partial charge in [0.15, 0.2) is 8.32 Å². The molecule has 0 fully saturated rings. The van der Waals surface area contributed by atoms with E-state index in [0.29, 0.717) is 5.92 Å². The minimum Gasteiger partial charge on any atom is -0.407 e. The molecule has 1 nitrogen and oxygen atoms in total. The minimum absolute atomic E-state index is 0.00990. The second kappa shape index (κ2) is 5.30. The SMILES string of the molecule is C#CC1=C(C)[C@@H](O[Si](C)(C)C(C)(C)C)C(=C)[C@H](C)C1.